The molecule has 1 aliphatic rings. The molecule has 1 amide bonds. The van der Waals surface area contributed by atoms with E-state index in [4.69, 9.17) is 18.6 Å². The van der Waals surface area contributed by atoms with Crippen LogP contribution in [0.15, 0.2) is 45.1 Å². The van der Waals surface area contributed by atoms with Gasteiger partial charge in [-0.15, -0.1) is 11.3 Å². The molecule has 0 saturated heterocycles. The molecule has 2 aromatic heterocycles. The average Bonchev–Trinajstić information content (AvgIpc) is 3.29. The van der Waals surface area contributed by atoms with Gasteiger partial charge in [-0.1, -0.05) is 0 Å². The molecule has 0 fully saturated rings. The van der Waals surface area contributed by atoms with Crippen LogP contribution >= 0.6 is 11.3 Å². The number of ether oxygens (including phenoxy) is 3. The van der Waals surface area contributed by atoms with Crippen LogP contribution in [0.3, 0.4) is 0 Å². The van der Waals surface area contributed by atoms with Crippen LogP contribution in [0.5, 0.6) is 17.2 Å². The number of nitrogens with one attached hydrogen (secondary N) is 1. The maximum Gasteiger partial charge on any atom is 0.264 e. The minimum atomic E-state index is -0.429. The van der Waals surface area contributed by atoms with E-state index in [1.54, 1.807) is 6.92 Å². The Balaban J connectivity index is 1.39. The Morgan fingerprint density at radius 3 is 3.00 bits per heavy atom. The average molecular weight is 386 g/mol. The van der Waals surface area contributed by atoms with Crippen LogP contribution in [0.4, 0.5) is 5.13 Å². The van der Waals surface area contributed by atoms with Crippen molar-refractivity contribution < 1.29 is 23.4 Å². The summed E-state index contributed by atoms with van der Waals surface area (Å²) in [5.74, 6) is 1.38. The molecule has 0 bridgehead atoms. The topological polar surface area (TPSA) is 99.9 Å². The molecule has 1 aliphatic heterocycles. The molecule has 9 heteroatoms. The second-order valence-corrected chi connectivity index (χ2v) is 6.52. The third-order valence-electron chi connectivity index (χ3n) is 3.71. The SMILES string of the molecule is Cc1cc(=O)c(OCC(=O)Nc2nc(-c3ccc4c(c3)OCO4)cs2)co1. The molecule has 0 saturated carbocycles. The Bertz CT molecular complexity index is 1060. The van der Waals surface area contributed by atoms with Gasteiger partial charge in [-0.25, -0.2) is 4.98 Å². The lowest BCUT2D eigenvalue weighted by Crippen LogP contribution is -2.22. The summed E-state index contributed by atoms with van der Waals surface area (Å²) in [7, 11) is 0. The minimum absolute atomic E-state index is 0.0177. The summed E-state index contributed by atoms with van der Waals surface area (Å²) in [5.41, 5.74) is 1.21. The van der Waals surface area contributed by atoms with Crippen LogP contribution in [-0.2, 0) is 4.79 Å². The number of amides is 1. The van der Waals surface area contributed by atoms with Crippen molar-refractivity contribution in [3.63, 3.8) is 0 Å². The number of benzene rings is 1. The van der Waals surface area contributed by atoms with Crippen LogP contribution in [0.25, 0.3) is 11.3 Å². The first kappa shape index (κ1) is 17.1. The quantitative estimate of drug-likeness (QED) is 0.720. The Kier molecular flexibility index (Phi) is 4.51. The van der Waals surface area contributed by atoms with Gasteiger partial charge in [-0.05, 0) is 25.1 Å². The van der Waals surface area contributed by atoms with Crippen LogP contribution in [0.2, 0.25) is 0 Å². The minimum Gasteiger partial charge on any atom is -0.477 e. The normalized spacial score (nSPS) is 12.0. The number of aromatic nitrogens is 1. The molecule has 0 atom stereocenters. The summed E-state index contributed by atoms with van der Waals surface area (Å²) in [5, 5.41) is 4.89. The summed E-state index contributed by atoms with van der Waals surface area (Å²) >= 11 is 1.28. The van der Waals surface area contributed by atoms with E-state index in [9.17, 15) is 9.59 Å². The van der Waals surface area contributed by atoms with Crippen molar-refractivity contribution in [2.24, 2.45) is 0 Å². The number of thiazole rings is 1. The lowest BCUT2D eigenvalue weighted by atomic mass is 10.1. The first-order valence-electron chi connectivity index (χ1n) is 7.96. The number of carbonyl (C=O) groups is 1. The first-order valence-corrected chi connectivity index (χ1v) is 8.84. The number of nitrogens with zero attached hydrogens (tertiary/aromatic N) is 1. The zero-order chi connectivity index (χ0) is 18.8. The molecule has 138 valence electrons. The van der Waals surface area contributed by atoms with Gasteiger partial charge in [0, 0.05) is 17.0 Å². The molecule has 27 heavy (non-hydrogen) atoms. The van der Waals surface area contributed by atoms with Gasteiger partial charge >= 0.3 is 0 Å². The van der Waals surface area contributed by atoms with E-state index in [0.29, 0.717) is 28.1 Å². The van der Waals surface area contributed by atoms with E-state index in [1.165, 1.54) is 23.7 Å². The van der Waals surface area contributed by atoms with Gasteiger partial charge in [-0.3, -0.25) is 14.9 Å². The van der Waals surface area contributed by atoms with Crippen molar-refractivity contribution in [1.29, 1.82) is 0 Å². The fourth-order valence-electron chi connectivity index (χ4n) is 2.42. The Morgan fingerprint density at radius 1 is 1.30 bits per heavy atom. The number of fused-ring (bicyclic) bond motifs is 1. The standard InChI is InChI=1S/C18H14N2O6S/c1-10-4-13(21)16(6-23-10)24-7-17(22)20-18-19-12(8-27-18)11-2-3-14-15(5-11)26-9-25-14/h2-6,8H,7,9H2,1H3,(H,19,20,22). The maximum atomic E-state index is 12.0. The van der Waals surface area contributed by atoms with Gasteiger partial charge in [0.1, 0.15) is 12.0 Å². The Hall–Kier alpha value is -3.33. The number of aryl methyl sites for hydroxylation is 1. The van der Waals surface area contributed by atoms with Gasteiger partial charge in [0.05, 0.1) is 5.69 Å². The summed E-state index contributed by atoms with van der Waals surface area (Å²) in [6.45, 7) is 1.53. The second kappa shape index (κ2) is 7.12. The number of anilines is 1. The molecule has 1 N–H and O–H groups in total. The summed E-state index contributed by atoms with van der Waals surface area (Å²) < 4.78 is 20.9. The van der Waals surface area contributed by atoms with E-state index < -0.39 is 5.91 Å². The molecule has 0 radical (unpaired) electrons. The van der Waals surface area contributed by atoms with Crippen molar-refractivity contribution in [3.05, 3.63) is 51.9 Å². The largest absolute Gasteiger partial charge is 0.477 e. The van der Waals surface area contributed by atoms with Crippen LogP contribution in [0, 0.1) is 6.92 Å². The third-order valence-corrected chi connectivity index (χ3v) is 4.46. The molecule has 4 rings (SSSR count). The van der Waals surface area contributed by atoms with E-state index in [1.807, 2.05) is 23.6 Å². The zero-order valence-electron chi connectivity index (χ0n) is 14.2. The number of carbonyl (C=O) groups excluding carboxylic acids is 1. The molecule has 0 aliphatic carbocycles. The van der Waals surface area contributed by atoms with Crippen molar-refractivity contribution in [3.8, 4) is 28.5 Å². The molecule has 0 spiro atoms. The van der Waals surface area contributed by atoms with Gasteiger partial charge < -0.3 is 18.6 Å². The number of rotatable bonds is 5. The van der Waals surface area contributed by atoms with E-state index in [-0.39, 0.29) is 24.6 Å². The van der Waals surface area contributed by atoms with E-state index in [2.05, 4.69) is 10.3 Å². The van der Waals surface area contributed by atoms with Crippen molar-refractivity contribution >= 4 is 22.4 Å². The molecular formula is C18H14N2O6S. The lowest BCUT2D eigenvalue weighted by molar-refractivity contribution is -0.118. The molecule has 1 aromatic carbocycles. The summed E-state index contributed by atoms with van der Waals surface area (Å²) in [6.07, 6.45) is 1.19. The van der Waals surface area contributed by atoms with Crippen LogP contribution in [-0.4, -0.2) is 24.3 Å². The fourth-order valence-corrected chi connectivity index (χ4v) is 3.15. The number of hydrogen-bond acceptors (Lipinski definition) is 8. The smallest absolute Gasteiger partial charge is 0.264 e. The molecular weight excluding hydrogens is 372 g/mol. The lowest BCUT2D eigenvalue weighted by Gasteiger charge is -2.04. The highest BCUT2D eigenvalue weighted by Gasteiger charge is 2.16. The predicted octanol–water partition coefficient (Wildman–Crippen LogP) is 2.82. The zero-order valence-corrected chi connectivity index (χ0v) is 15.0. The summed E-state index contributed by atoms with van der Waals surface area (Å²) in [4.78, 5) is 28.1. The van der Waals surface area contributed by atoms with Gasteiger partial charge in [0.2, 0.25) is 18.0 Å². The Labute approximate surface area is 157 Å². The van der Waals surface area contributed by atoms with E-state index >= 15 is 0 Å². The third kappa shape index (κ3) is 3.77. The van der Waals surface area contributed by atoms with Gasteiger partial charge in [0.15, 0.2) is 23.2 Å². The second-order valence-electron chi connectivity index (χ2n) is 5.66. The highest BCUT2D eigenvalue weighted by atomic mass is 32.1. The fraction of sp³-hybridized carbons (Fsp3) is 0.167. The monoisotopic (exact) mass is 386 g/mol. The van der Waals surface area contributed by atoms with Crippen molar-refractivity contribution in [2.75, 3.05) is 18.7 Å². The molecule has 8 nitrogen and oxygen atoms in total. The molecule has 3 heterocycles. The summed E-state index contributed by atoms with van der Waals surface area (Å²) in [6, 6.07) is 6.82. The Morgan fingerprint density at radius 2 is 2.15 bits per heavy atom. The highest BCUT2D eigenvalue weighted by Crippen LogP contribution is 2.36. The van der Waals surface area contributed by atoms with Gasteiger partial charge in [-0.2, -0.15) is 0 Å². The van der Waals surface area contributed by atoms with Crippen LogP contribution < -0.4 is 25.0 Å². The maximum absolute atomic E-state index is 12.0. The van der Waals surface area contributed by atoms with Gasteiger partial charge in [0.25, 0.3) is 5.91 Å². The van der Waals surface area contributed by atoms with Crippen molar-refractivity contribution in [2.45, 2.75) is 6.92 Å². The van der Waals surface area contributed by atoms with E-state index in [0.717, 1.165) is 5.56 Å². The predicted molar refractivity (Wildman–Crippen MR) is 97.5 cm³/mol. The first-order chi connectivity index (χ1) is 13.1. The van der Waals surface area contributed by atoms with Crippen molar-refractivity contribution in [1.82, 2.24) is 4.98 Å². The number of hydrogen-bond donors (Lipinski definition) is 1. The van der Waals surface area contributed by atoms with Crippen LogP contribution in [0.1, 0.15) is 5.76 Å². The molecule has 3 aromatic rings. The highest BCUT2D eigenvalue weighted by molar-refractivity contribution is 7.14. The molecule has 0 unspecified atom stereocenters.